The summed E-state index contributed by atoms with van der Waals surface area (Å²) >= 11 is 0. The molecule has 4 nitrogen and oxygen atoms in total. The van der Waals surface area contributed by atoms with Gasteiger partial charge >= 0.3 is 17.8 Å². The Hall–Kier alpha value is -3.09. The summed E-state index contributed by atoms with van der Waals surface area (Å²) in [6.45, 7) is 1.47. The molecule has 0 saturated carbocycles. The monoisotopic (exact) mass is 362 g/mol. The van der Waals surface area contributed by atoms with Crippen molar-refractivity contribution >= 4 is 16.9 Å². The molecule has 0 atom stereocenters. The second-order valence-corrected chi connectivity index (χ2v) is 5.71. The highest BCUT2D eigenvalue weighted by molar-refractivity contribution is 5.91. The molecule has 0 N–H and O–H groups in total. The van der Waals surface area contributed by atoms with E-state index in [0.717, 1.165) is 23.8 Å². The van der Waals surface area contributed by atoms with Gasteiger partial charge in [-0.1, -0.05) is 24.3 Å². The van der Waals surface area contributed by atoms with Gasteiger partial charge < -0.3 is 9.15 Å². The van der Waals surface area contributed by atoms with Crippen LogP contribution >= 0.6 is 0 Å². The zero-order valence-corrected chi connectivity index (χ0v) is 13.6. The molecule has 134 valence electrons. The predicted octanol–water partition coefficient (Wildman–Crippen LogP) is 4.48. The van der Waals surface area contributed by atoms with Gasteiger partial charge in [0.05, 0.1) is 11.1 Å². The lowest BCUT2D eigenvalue weighted by molar-refractivity contribution is -0.138. The first-order chi connectivity index (χ1) is 12.3. The molecule has 0 aliphatic rings. The van der Waals surface area contributed by atoms with Crippen LogP contribution in [0.3, 0.4) is 0 Å². The molecular formula is C19H13F3O4. The Morgan fingerprint density at radius 3 is 2.58 bits per heavy atom. The third-order valence-corrected chi connectivity index (χ3v) is 3.80. The summed E-state index contributed by atoms with van der Waals surface area (Å²) in [5.41, 5.74) is -0.742. The van der Waals surface area contributed by atoms with E-state index in [4.69, 9.17) is 9.15 Å². The fraction of sp³-hybridized carbons (Fsp3) is 0.158. The number of esters is 1. The highest BCUT2D eigenvalue weighted by Gasteiger charge is 2.35. The van der Waals surface area contributed by atoms with Gasteiger partial charge in [-0.2, -0.15) is 13.2 Å². The Morgan fingerprint density at radius 2 is 1.85 bits per heavy atom. The Kier molecular flexibility index (Phi) is 4.54. The molecule has 2 aromatic carbocycles. The molecule has 0 fully saturated rings. The Bertz CT molecular complexity index is 1030. The van der Waals surface area contributed by atoms with E-state index in [9.17, 15) is 22.8 Å². The minimum atomic E-state index is -4.67. The van der Waals surface area contributed by atoms with Gasteiger partial charge in [-0.15, -0.1) is 0 Å². The van der Waals surface area contributed by atoms with Crippen LogP contribution in [0.1, 0.15) is 27.0 Å². The normalized spacial score (nSPS) is 11.5. The highest BCUT2D eigenvalue weighted by atomic mass is 19.4. The molecule has 3 aromatic rings. The topological polar surface area (TPSA) is 56.5 Å². The fourth-order valence-electron chi connectivity index (χ4n) is 2.59. The van der Waals surface area contributed by atoms with Crippen LogP contribution in [0.15, 0.2) is 57.7 Å². The lowest BCUT2D eigenvalue weighted by Gasteiger charge is -2.12. The maximum atomic E-state index is 13.0. The van der Waals surface area contributed by atoms with Crippen molar-refractivity contribution in [1.29, 1.82) is 0 Å². The first-order valence-corrected chi connectivity index (χ1v) is 7.62. The zero-order chi connectivity index (χ0) is 18.9. The number of fused-ring (bicyclic) bond motifs is 1. The van der Waals surface area contributed by atoms with E-state index in [1.807, 2.05) is 6.92 Å². The van der Waals surface area contributed by atoms with Crippen LogP contribution in [-0.2, 0) is 17.5 Å². The van der Waals surface area contributed by atoms with Crippen LogP contribution in [0.5, 0.6) is 0 Å². The summed E-state index contributed by atoms with van der Waals surface area (Å²) in [5, 5.41) is 0.548. The lowest BCUT2D eigenvalue weighted by Crippen LogP contribution is -2.15. The molecule has 0 spiro atoms. The van der Waals surface area contributed by atoms with Crippen LogP contribution in [0.4, 0.5) is 13.2 Å². The molecule has 0 aliphatic heterocycles. The first kappa shape index (κ1) is 17.7. The number of aryl methyl sites for hydroxylation is 1. The van der Waals surface area contributed by atoms with Crippen molar-refractivity contribution in [2.24, 2.45) is 0 Å². The second-order valence-electron chi connectivity index (χ2n) is 5.71. The fourth-order valence-corrected chi connectivity index (χ4v) is 2.59. The highest BCUT2D eigenvalue weighted by Crippen LogP contribution is 2.32. The molecular weight excluding hydrogens is 349 g/mol. The number of hydrogen-bond donors (Lipinski definition) is 0. The summed E-state index contributed by atoms with van der Waals surface area (Å²) in [4.78, 5) is 23.8. The Morgan fingerprint density at radius 1 is 1.12 bits per heavy atom. The molecule has 0 radical (unpaired) electrons. The standard InChI is InChI=1S/C19H13F3O4/c1-11-6-7-13-12(9-17(23)26-16(13)8-11)10-25-18(24)14-4-2-3-5-15(14)19(20,21)22/h2-9H,10H2,1H3. The van der Waals surface area contributed by atoms with Crippen molar-refractivity contribution < 1.29 is 27.1 Å². The summed E-state index contributed by atoms with van der Waals surface area (Å²) in [6, 6.07) is 10.7. The molecule has 1 aromatic heterocycles. The maximum Gasteiger partial charge on any atom is 0.417 e. The van der Waals surface area contributed by atoms with Crippen molar-refractivity contribution in [3.8, 4) is 0 Å². The summed E-state index contributed by atoms with van der Waals surface area (Å²) < 4.78 is 49.1. The van der Waals surface area contributed by atoms with Crippen molar-refractivity contribution in [1.82, 2.24) is 0 Å². The number of benzene rings is 2. The molecule has 3 rings (SSSR count). The lowest BCUT2D eigenvalue weighted by atomic mass is 10.1. The van der Waals surface area contributed by atoms with Crippen LogP contribution in [0, 0.1) is 6.92 Å². The van der Waals surface area contributed by atoms with Gasteiger partial charge in [0.2, 0.25) is 0 Å². The largest absolute Gasteiger partial charge is 0.457 e. The number of rotatable bonds is 3. The smallest absolute Gasteiger partial charge is 0.417 e. The van der Waals surface area contributed by atoms with Gasteiger partial charge in [-0.05, 0) is 30.7 Å². The minimum Gasteiger partial charge on any atom is -0.457 e. The minimum absolute atomic E-state index is 0.319. The van der Waals surface area contributed by atoms with Gasteiger partial charge in [0.25, 0.3) is 0 Å². The molecule has 26 heavy (non-hydrogen) atoms. The summed E-state index contributed by atoms with van der Waals surface area (Å²) in [7, 11) is 0. The van der Waals surface area contributed by atoms with Crippen molar-refractivity contribution in [3.63, 3.8) is 0 Å². The van der Waals surface area contributed by atoms with Crippen LogP contribution in [0.25, 0.3) is 11.0 Å². The molecule has 7 heteroatoms. The quantitative estimate of drug-likeness (QED) is 0.509. The van der Waals surface area contributed by atoms with Gasteiger partial charge in [-0.3, -0.25) is 0 Å². The van der Waals surface area contributed by atoms with Crippen molar-refractivity contribution in [3.05, 3.63) is 81.2 Å². The van der Waals surface area contributed by atoms with Crippen molar-refractivity contribution in [2.75, 3.05) is 0 Å². The zero-order valence-electron chi connectivity index (χ0n) is 13.6. The van der Waals surface area contributed by atoms with Crippen LogP contribution in [0.2, 0.25) is 0 Å². The second kappa shape index (κ2) is 6.67. The van der Waals surface area contributed by atoms with E-state index in [1.54, 1.807) is 18.2 Å². The van der Waals surface area contributed by atoms with E-state index < -0.39 is 28.9 Å². The average Bonchev–Trinajstić information content (AvgIpc) is 2.58. The Balaban J connectivity index is 1.90. The van der Waals surface area contributed by atoms with Gasteiger partial charge in [0.15, 0.2) is 0 Å². The van der Waals surface area contributed by atoms with E-state index >= 15 is 0 Å². The van der Waals surface area contributed by atoms with Crippen LogP contribution in [-0.4, -0.2) is 5.97 Å². The van der Waals surface area contributed by atoms with Gasteiger partial charge in [0.1, 0.15) is 12.2 Å². The third-order valence-electron chi connectivity index (χ3n) is 3.80. The van der Waals surface area contributed by atoms with E-state index in [-0.39, 0.29) is 6.61 Å². The van der Waals surface area contributed by atoms with Crippen LogP contribution < -0.4 is 5.63 Å². The van der Waals surface area contributed by atoms with E-state index in [1.165, 1.54) is 12.1 Å². The number of halogens is 3. The first-order valence-electron chi connectivity index (χ1n) is 7.62. The predicted molar refractivity (Wildman–Crippen MR) is 87.8 cm³/mol. The molecule has 0 bridgehead atoms. The SMILES string of the molecule is Cc1ccc2c(COC(=O)c3ccccc3C(F)(F)F)cc(=O)oc2c1. The number of ether oxygens (including phenoxy) is 1. The molecule has 0 saturated heterocycles. The molecule has 0 aliphatic carbocycles. The van der Waals surface area contributed by atoms with Gasteiger partial charge in [-0.25, -0.2) is 9.59 Å². The number of carbonyl (C=O) groups is 1. The Labute approximate surface area is 145 Å². The van der Waals surface area contributed by atoms with Gasteiger partial charge in [0, 0.05) is 17.0 Å². The molecule has 0 amide bonds. The summed E-state index contributed by atoms with van der Waals surface area (Å²) in [5.74, 6) is -1.12. The molecule has 1 heterocycles. The number of alkyl halides is 3. The number of hydrogen-bond acceptors (Lipinski definition) is 4. The average molecular weight is 362 g/mol. The number of carbonyl (C=O) groups excluding carboxylic acids is 1. The maximum absolute atomic E-state index is 13.0. The van der Waals surface area contributed by atoms with Crippen molar-refractivity contribution in [2.45, 2.75) is 19.7 Å². The van der Waals surface area contributed by atoms with E-state index in [2.05, 4.69) is 0 Å². The third kappa shape index (κ3) is 3.61. The molecule has 0 unspecified atom stereocenters. The summed E-state index contributed by atoms with van der Waals surface area (Å²) in [6.07, 6.45) is -4.67. The van der Waals surface area contributed by atoms with E-state index in [0.29, 0.717) is 16.5 Å².